The van der Waals surface area contributed by atoms with Crippen molar-refractivity contribution in [3.63, 3.8) is 0 Å². The summed E-state index contributed by atoms with van der Waals surface area (Å²) in [5.74, 6) is 0.791. The van der Waals surface area contributed by atoms with Crippen LogP contribution in [0, 0.1) is 6.92 Å². The molecule has 0 radical (unpaired) electrons. The van der Waals surface area contributed by atoms with Gasteiger partial charge in [-0.3, -0.25) is 9.59 Å². The third kappa shape index (κ3) is 6.42. The van der Waals surface area contributed by atoms with Crippen molar-refractivity contribution in [3.8, 4) is 5.75 Å². The first-order valence-corrected chi connectivity index (χ1v) is 13.1. The van der Waals surface area contributed by atoms with Gasteiger partial charge in [-0.1, -0.05) is 35.9 Å². The zero-order chi connectivity index (χ0) is 25.5. The Morgan fingerprint density at radius 1 is 1.06 bits per heavy atom. The molecule has 0 unspecified atom stereocenters. The highest BCUT2D eigenvalue weighted by Crippen LogP contribution is 2.30. The molecule has 0 aliphatic heterocycles. The van der Waals surface area contributed by atoms with Crippen molar-refractivity contribution in [1.29, 1.82) is 0 Å². The SMILES string of the molecule is CCOc1ccc(C(=O)NCCn2cc(SCC(=O)Nc3ccc(C)c(Cl)c3)c3ccccc32)cc1. The van der Waals surface area contributed by atoms with E-state index in [2.05, 4.69) is 15.2 Å². The van der Waals surface area contributed by atoms with Crippen molar-refractivity contribution in [2.75, 3.05) is 24.2 Å². The highest BCUT2D eigenvalue weighted by molar-refractivity contribution is 8.00. The van der Waals surface area contributed by atoms with Gasteiger partial charge in [-0.25, -0.2) is 0 Å². The number of aryl methyl sites for hydroxylation is 1. The molecule has 36 heavy (non-hydrogen) atoms. The van der Waals surface area contributed by atoms with Crippen LogP contribution in [0.3, 0.4) is 0 Å². The van der Waals surface area contributed by atoms with Crippen LogP contribution in [0.25, 0.3) is 10.9 Å². The Morgan fingerprint density at radius 2 is 1.83 bits per heavy atom. The number of carbonyl (C=O) groups is 2. The van der Waals surface area contributed by atoms with Crippen molar-refractivity contribution in [1.82, 2.24) is 9.88 Å². The zero-order valence-electron chi connectivity index (χ0n) is 20.2. The summed E-state index contributed by atoms with van der Waals surface area (Å²) in [6.45, 7) is 5.52. The molecule has 0 spiro atoms. The van der Waals surface area contributed by atoms with Gasteiger partial charge in [0.15, 0.2) is 0 Å². The number of thioether (sulfide) groups is 1. The van der Waals surface area contributed by atoms with Crippen LogP contribution in [0.2, 0.25) is 5.02 Å². The van der Waals surface area contributed by atoms with E-state index in [1.807, 2.05) is 56.4 Å². The largest absolute Gasteiger partial charge is 0.494 e. The Balaban J connectivity index is 1.35. The molecule has 4 rings (SSSR count). The number of halogens is 1. The van der Waals surface area contributed by atoms with Crippen LogP contribution in [0.5, 0.6) is 5.75 Å². The van der Waals surface area contributed by atoms with Crippen molar-refractivity contribution < 1.29 is 14.3 Å². The van der Waals surface area contributed by atoms with Gasteiger partial charge in [-0.15, -0.1) is 11.8 Å². The quantitative estimate of drug-likeness (QED) is 0.245. The Labute approximate surface area is 220 Å². The van der Waals surface area contributed by atoms with Gasteiger partial charge in [0.25, 0.3) is 5.91 Å². The molecular formula is C28H28ClN3O3S. The molecule has 2 amide bonds. The first-order valence-electron chi connectivity index (χ1n) is 11.7. The predicted octanol–water partition coefficient (Wildman–Crippen LogP) is 6.16. The van der Waals surface area contributed by atoms with E-state index in [9.17, 15) is 9.59 Å². The maximum atomic E-state index is 12.5. The fraction of sp³-hybridized carbons (Fsp3) is 0.214. The van der Waals surface area contributed by atoms with Gasteiger partial charge in [0.1, 0.15) is 5.75 Å². The summed E-state index contributed by atoms with van der Waals surface area (Å²) in [5.41, 5.74) is 3.29. The fourth-order valence-corrected chi connectivity index (χ4v) is 4.85. The summed E-state index contributed by atoms with van der Waals surface area (Å²) in [6, 6.07) is 20.7. The summed E-state index contributed by atoms with van der Waals surface area (Å²) < 4.78 is 7.53. The average molecular weight is 522 g/mol. The number of carbonyl (C=O) groups excluding carboxylic acids is 2. The number of amides is 2. The maximum Gasteiger partial charge on any atom is 0.251 e. The molecule has 2 N–H and O–H groups in total. The minimum Gasteiger partial charge on any atom is -0.494 e. The minimum absolute atomic E-state index is 0.0978. The molecule has 186 valence electrons. The lowest BCUT2D eigenvalue weighted by atomic mass is 10.2. The molecule has 0 saturated carbocycles. The molecule has 1 aromatic heterocycles. The van der Waals surface area contributed by atoms with Crippen LogP contribution >= 0.6 is 23.4 Å². The molecule has 1 heterocycles. The number of hydrogen-bond donors (Lipinski definition) is 2. The first kappa shape index (κ1) is 25.7. The molecule has 8 heteroatoms. The number of aromatic nitrogens is 1. The van der Waals surface area contributed by atoms with Crippen LogP contribution in [-0.2, 0) is 11.3 Å². The van der Waals surface area contributed by atoms with E-state index in [1.54, 1.807) is 30.3 Å². The van der Waals surface area contributed by atoms with Gasteiger partial charge in [-0.2, -0.15) is 0 Å². The molecule has 3 aromatic carbocycles. The third-order valence-electron chi connectivity index (χ3n) is 5.63. The monoisotopic (exact) mass is 521 g/mol. The van der Waals surface area contributed by atoms with Gasteiger partial charge in [0.2, 0.25) is 5.91 Å². The van der Waals surface area contributed by atoms with Gasteiger partial charge in [0, 0.05) is 51.4 Å². The number of anilines is 1. The van der Waals surface area contributed by atoms with Gasteiger partial charge in [-0.05, 0) is 61.9 Å². The number of para-hydroxylation sites is 1. The highest BCUT2D eigenvalue weighted by Gasteiger charge is 2.12. The minimum atomic E-state index is -0.128. The molecule has 4 aromatic rings. The zero-order valence-corrected chi connectivity index (χ0v) is 21.8. The number of ether oxygens (including phenoxy) is 1. The topological polar surface area (TPSA) is 72.4 Å². The van der Waals surface area contributed by atoms with E-state index in [1.165, 1.54) is 11.8 Å². The second-order valence-corrected chi connectivity index (χ2v) is 9.64. The molecular weight excluding hydrogens is 494 g/mol. The molecule has 0 aliphatic rings. The third-order valence-corrected chi connectivity index (χ3v) is 7.08. The van der Waals surface area contributed by atoms with E-state index in [-0.39, 0.29) is 17.6 Å². The molecule has 0 aliphatic carbocycles. The summed E-state index contributed by atoms with van der Waals surface area (Å²) in [7, 11) is 0. The van der Waals surface area contributed by atoms with Crippen LogP contribution in [-0.4, -0.2) is 35.3 Å². The normalized spacial score (nSPS) is 10.9. The van der Waals surface area contributed by atoms with Crippen LogP contribution in [0.1, 0.15) is 22.8 Å². The smallest absolute Gasteiger partial charge is 0.251 e. The van der Waals surface area contributed by atoms with Crippen LogP contribution in [0.15, 0.2) is 77.8 Å². The molecule has 0 bridgehead atoms. The molecule has 0 saturated heterocycles. The van der Waals surface area contributed by atoms with Crippen molar-refractivity contribution in [2.24, 2.45) is 0 Å². The number of rotatable bonds is 10. The van der Waals surface area contributed by atoms with Crippen LogP contribution in [0.4, 0.5) is 5.69 Å². The van der Waals surface area contributed by atoms with E-state index >= 15 is 0 Å². The maximum absolute atomic E-state index is 12.5. The fourth-order valence-electron chi connectivity index (χ4n) is 3.79. The number of benzene rings is 3. The lowest BCUT2D eigenvalue weighted by Crippen LogP contribution is -2.27. The van der Waals surface area contributed by atoms with Crippen molar-refractivity contribution >= 4 is 51.8 Å². The predicted molar refractivity (Wildman–Crippen MR) is 147 cm³/mol. The second-order valence-electron chi connectivity index (χ2n) is 8.22. The highest BCUT2D eigenvalue weighted by atomic mass is 35.5. The van der Waals surface area contributed by atoms with Crippen LogP contribution < -0.4 is 15.4 Å². The Bertz CT molecular complexity index is 1370. The lowest BCUT2D eigenvalue weighted by molar-refractivity contribution is -0.113. The van der Waals surface area contributed by atoms with E-state index in [0.29, 0.717) is 36.0 Å². The molecule has 6 nitrogen and oxygen atoms in total. The lowest BCUT2D eigenvalue weighted by Gasteiger charge is -2.08. The number of fused-ring (bicyclic) bond motifs is 1. The van der Waals surface area contributed by atoms with Gasteiger partial charge >= 0.3 is 0 Å². The Morgan fingerprint density at radius 3 is 2.58 bits per heavy atom. The number of nitrogens with zero attached hydrogens (tertiary/aromatic N) is 1. The summed E-state index contributed by atoms with van der Waals surface area (Å²) in [4.78, 5) is 26.1. The van der Waals surface area contributed by atoms with Gasteiger partial charge in [0.05, 0.1) is 12.4 Å². The van der Waals surface area contributed by atoms with Crippen molar-refractivity contribution in [3.05, 3.63) is 89.1 Å². The van der Waals surface area contributed by atoms with E-state index in [4.69, 9.17) is 16.3 Å². The van der Waals surface area contributed by atoms with Crippen molar-refractivity contribution in [2.45, 2.75) is 25.3 Å². The number of nitrogens with one attached hydrogen (secondary N) is 2. The number of hydrogen-bond acceptors (Lipinski definition) is 4. The summed E-state index contributed by atoms with van der Waals surface area (Å²) in [6.07, 6.45) is 2.04. The molecule has 0 atom stereocenters. The standard InChI is InChI=1S/C28H28ClN3O3S/c1-3-35-22-12-9-20(10-13-22)28(34)30-14-15-32-17-26(23-6-4-5-7-25(23)32)36-18-27(33)31-21-11-8-19(2)24(29)16-21/h4-13,16-17H,3,14-15,18H2,1-2H3,(H,30,34)(H,31,33). The summed E-state index contributed by atoms with van der Waals surface area (Å²) >= 11 is 7.64. The van der Waals surface area contributed by atoms with E-state index < -0.39 is 0 Å². The Kier molecular flexibility index (Phi) is 8.57. The second kappa shape index (κ2) is 12.0. The first-order chi connectivity index (χ1) is 17.4. The average Bonchev–Trinajstić information content (AvgIpc) is 3.23. The molecule has 0 fully saturated rings. The van der Waals surface area contributed by atoms with E-state index in [0.717, 1.165) is 27.1 Å². The summed E-state index contributed by atoms with van der Waals surface area (Å²) in [5, 5.41) is 7.58. The van der Waals surface area contributed by atoms with Gasteiger partial charge < -0.3 is 19.9 Å². The Hall–Kier alpha value is -3.42.